The van der Waals surface area contributed by atoms with E-state index in [9.17, 15) is 19.7 Å². The van der Waals surface area contributed by atoms with Gasteiger partial charge in [0.2, 0.25) is 0 Å². The summed E-state index contributed by atoms with van der Waals surface area (Å²) >= 11 is 0. The van der Waals surface area contributed by atoms with E-state index in [1.807, 2.05) is 0 Å². The number of carbonyl (C=O) groups excluding carboxylic acids is 1. The number of rotatable bonds is 5. The minimum absolute atomic E-state index is 0.0102. The number of esters is 1. The van der Waals surface area contributed by atoms with Crippen LogP contribution in [-0.2, 0) is 16.0 Å². The summed E-state index contributed by atoms with van der Waals surface area (Å²) in [5.41, 5.74) is -1.45. The highest BCUT2D eigenvalue weighted by atomic mass is 16.6. The third kappa shape index (κ3) is 3.11. The molecule has 0 fully saturated rings. The van der Waals surface area contributed by atoms with Crippen LogP contribution < -0.4 is 0 Å². The topological polar surface area (TPSA) is 107 Å². The highest BCUT2D eigenvalue weighted by Crippen LogP contribution is 2.31. The van der Waals surface area contributed by atoms with Crippen molar-refractivity contribution in [3.05, 3.63) is 39.4 Å². The molecule has 0 saturated carbocycles. The smallest absolute Gasteiger partial charge is 0.338 e. The molecule has 0 atom stereocenters. The third-order valence-corrected chi connectivity index (χ3v) is 2.95. The van der Waals surface area contributed by atoms with Crippen LogP contribution >= 0.6 is 0 Å². The molecule has 0 aliphatic heterocycles. The van der Waals surface area contributed by atoms with Crippen LogP contribution in [0.15, 0.2) is 18.2 Å². The molecule has 1 aromatic rings. The van der Waals surface area contributed by atoms with E-state index < -0.39 is 22.3 Å². The molecule has 0 spiro atoms. The number of nitro groups is 1. The monoisotopic (exact) mass is 281 g/mol. The molecule has 0 aliphatic carbocycles. The molecule has 0 unspecified atom stereocenters. The molecule has 0 heterocycles. The Morgan fingerprint density at radius 2 is 2.00 bits per heavy atom. The second-order valence-corrected chi connectivity index (χ2v) is 4.92. The number of carboxylic acid groups (broad SMARTS) is 1. The second kappa shape index (κ2) is 5.68. The van der Waals surface area contributed by atoms with E-state index >= 15 is 0 Å². The van der Waals surface area contributed by atoms with Crippen molar-refractivity contribution in [2.24, 2.45) is 5.41 Å². The highest BCUT2D eigenvalue weighted by molar-refractivity contribution is 5.92. The number of carbonyl (C=O) groups is 2. The maximum Gasteiger partial charge on any atom is 0.338 e. The van der Waals surface area contributed by atoms with E-state index in [1.165, 1.54) is 32.0 Å². The average molecular weight is 281 g/mol. The van der Waals surface area contributed by atoms with Gasteiger partial charge in [-0.3, -0.25) is 14.9 Å². The minimum Gasteiger partial charge on any atom is -0.481 e. The zero-order valence-electron chi connectivity index (χ0n) is 11.4. The Balaban J connectivity index is 3.43. The van der Waals surface area contributed by atoms with E-state index in [2.05, 4.69) is 4.74 Å². The zero-order valence-corrected chi connectivity index (χ0v) is 11.4. The van der Waals surface area contributed by atoms with Crippen LogP contribution in [0.2, 0.25) is 0 Å². The van der Waals surface area contributed by atoms with Gasteiger partial charge in [0, 0.05) is 11.6 Å². The number of aliphatic carboxylic acids is 1. The van der Waals surface area contributed by atoms with E-state index in [0.29, 0.717) is 0 Å². The van der Waals surface area contributed by atoms with Crippen LogP contribution in [0.1, 0.15) is 29.8 Å². The quantitative estimate of drug-likeness (QED) is 0.502. The van der Waals surface area contributed by atoms with E-state index in [4.69, 9.17) is 5.11 Å². The lowest BCUT2D eigenvalue weighted by Crippen LogP contribution is -2.27. The minimum atomic E-state index is -1.24. The Morgan fingerprint density at radius 3 is 2.45 bits per heavy atom. The van der Waals surface area contributed by atoms with Gasteiger partial charge in [0.15, 0.2) is 0 Å². The summed E-state index contributed by atoms with van der Waals surface area (Å²) in [5, 5.41) is 20.2. The number of nitrogens with zero attached hydrogens (tertiary/aromatic N) is 1. The van der Waals surface area contributed by atoms with Gasteiger partial charge in [-0.25, -0.2) is 4.79 Å². The Hall–Kier alpha value is -2.44. The van der Waals surface area contributed by atoms with Gasteiger partial charge in [-0.05, 0) is 26.3 Å². The van der Waals surface area contributed by atoms with Gasteiger partial charge < -0.3 is 9.84 Å². The molecule has 0 aromatic heterocycles. The maximum absolute atomic E-state index is 11.7. The second-order valence-electron chi connectivity index (χ2n) is 4.92. The van der Waals surface area contributed by atoms with Crippen molar-refractivity contribution >= 4 is 17.6 Å². The summed E-state index contributed by atoms with van der Waals surface area (Å²) in [5.74, 6) is -1.84. The molecule has 0 saturated heterocycles. The van der Waals surface area contributed by atoms with E-state index in [0.717, 1.165) is 7.11 Å². The lowest BCUT2D eigenvalue weighted by molar-refractivity contribution is -0.385. The van der Waals surface area contributed by atoms with Crippen LogP contribution in [0.25, 0.3) is 0 Å². The number of hydrogen-bond acceptors (Lipinski definition) is 5. The fourth-order valence-corrected chi connectivity index (χ4v) is 1.75. The van der Waals surface area contributed by atoms with Crippen molar-refractivity contribution < 1.29 is 24.4 Å². The lowest BCUT2D eigenvalue weighted by Gasteiger charge is -2.20. The Labute approximate surface area is 115 Å². The number of benzene rings is 1. The molecule has 0 radical (unpaired) electrons. The summed E-state index contributed by atoms with van der Waals surface area (Å²) in [6.07, 6.45) is -0.149. The van der Waals surface area contributed by atoms with Gasteiger partial charge in [0.1, 0.15) is 0 Å². The van der Waals surface area contributed by atoms with Gasteiger partial charge in [-0.1, -0.05) is 6.07 Å². The first-order valence-corrected chi connectivity index (χ1v) is 5.78. The Kier molecular flexibility index (Phi) is 4.44. The molecule has 108 valence electrons. The molecule has 7 nitrogen and oxygen atoms in total. The van der Waals surface area contributed by atoms with Crippen molar-refractivity contribution in [3.8, 4) is 0 Å². The van der Waals surface area contributed by atoms with Gasteiger partial charge in [0.05, 0.1) is 23.0 Å². The Bertz CT molecular complexity index is 564. The molecule has 0 aliphatic rings. The number of methoxy groups -OCH3 is 1. The summed E-state index contributed by atoms with van der Waals surface area (Å²) < 4.78 is 4.58. The van der Waals surface area contributed by atoms with Gasteiger partial charge in [-0.2, -0.15) is 0 Å². The molecule has 7 heteroatoms. The third-order valence-electron chi connectivity index (χ3n) is 2.95. The van der Waals surface area contributed by atoms with Crippen LogP contribution in [0.4, 0.5) is 5.69 Å². The van der Waals surface area contributed by atoms with Crippen molar-refractivity contribution in [2.75, 3.05) is 7.11 Å². The highest BCUT2D eigenvalue weighted by Gasteiger charge is 2.33. The van der Waals surface area contributed by atoms with E-state index in [-0.39, 0.29) is 23.2 Å². The molecule has 1 rings (SSSR count). The normalized spacial score (nSPS) is 10.9. The van der Waals surface area contributed by atoms with Crippen molar-refractivity contribution in [2.45, 2.75) is 20.3 Å². The Morgan fingerprint density at radius 1 is 1.40 bits per heavy atom. The summed E-state index contributed by atoms with van der Waals surface area (Å²) in [7, 11) is 1.16. The first-order chi connectivity index (χ1) is 9.20. The number of ether oxygens (including phenoxy) is 1. The molecular formula is C13H15NO6. The zero-order chi connectivity index (χ0) is 15.5. The molecule has 1 aromatic carbocycles. The standard InChI is InChI=1S/C13H15NO6/c1-13(2,12(16)17)7-9-8(11(15)20-3)5-4-6-10(9)14(18)19/h4-6H,7H2,1-3H3,(H,16,17). The van der Waals surface area contributed by atoms with E-state index in [1.54, 1.807) is 0 Å². The predicted molar refractivity (Wildman–Crippen MR) is 69.6 cm³/mol. The van der Waals surface area contributed by atoms with Gasteiger partial charge in [0.25, 0.3) is 5.69 Å². The van der Waals surface area contributed by atoms with Gasteiger partial charge >= 0.3 is 11.9 Å². The molecule has 0 bridgehead atoms. The van der Waals surface area contributed by atoms with Crippen LogP contribution in [-0.4, -0.2) is 29.1 Å². The first kappa shape index (κ1) is 15.6. The molecular weight excluding hydrogens is 266 g/mol. The van der Waals surface area contributed by atoms with Crippen LogP contribution in [0, 0.1) is 15.5 Å². The van der Waals surface area contributed by atoms with Crippen LogP contribution in [0.5, 0.6) is 0 Å². The van der Waals surface area contributed by atoms with Crippen molar-refractivity contribution in [3.63, 3.8) is 0 Å². The largest absolute Gasteiger partial charge is 0.481 e. The fraction of sp³-hybridized carbons (Fsp3) is 0.385. The SMILES string of the molecule is COC(=O)c1cccc([N+](=O)[O-])c1CC(C)(C)C(=O)O. The average Bonchev–Trinajstić information content (AvgIpc) is 2.37. The molecule has 0 amide bonds. The summed E-state index contributed by atoms with van der Waals surface area (Å²) in [6.45, 7) is 2.88. The maximum atomic E-state index is 11.7. The van der Waals surface area contributed by atoms with Crippen LogP contribution in [0.3, 0.4) is 0 Å². The predicted octanol–water partition coefficient (Wildman–Crippen LogP) is 2.03. The summed E-state index contributed by atoms with van der Waals surface area (Å²) in [6, 6.07) is 3.98. The number of carboxylic acids is 1. The summed E-state index contributed by atoms with van der Waals surface area (Å²) in [4.78, 5) is 33.3. The van der Waals surface area contributed by atoms with Crippen molar-refractivity contribution in [1.82, 2.24) is 0 Å². The fourth-order valence-electron chi connectivity index (χ4n) is 1.75. The van der Waals surface area contributed by atoms with Gasteiger partial charge in [-0.15, -0.1) is 0 Å². The molecule has 20 heavy (non-hydrogen) atoms. The van der Waals surface area contributed by atoms with Crippen molar-refractivity contribution in [1.29, 1.82) is 0 Å². The first-order valence-electron chi connectivity index (χ1n) is 5.78. The lowest BCUT2D eigenvalue weighted by atomic mass is 9.83. The molecule has 1 N–H and O–H groups in total. The number of nitro benzene ring substituents is 1. The number of hydrogen-bond donors (Lipinski definition) is 1.